The third-order valence-electron chi connectivity index (χ3n) is 3.03. The largest absolute Gasteiger partial charge is 0.365 e. The predicted octanol–water partition coefficient (Wildman–Crippen LogP) is 3.12. The monoisotopic (exact) mass is 345 g/mol. The fraction of sp³-hybridized carbons (Fsp3) is 0.0714. The van der Waals surface area contributed by atoms with Crippen molar-refractivity contribution < 1.29 is 4.79 Å². The van der Waals surface area contributed by atoms with E-state index >= 15 is 0 Å². The highest BCUT2D eigenvalue weighted by atomic mass is 79.9. The molecule has 1 amide bonds. The molecule has 1 aromatic carbocycles. The number of rotatable bonds is 3. The maximum Gasteiger partial charge on any atom is 0.259 e. The smallest absolute Gasteiger partial charge is 0.259 e. The predicted molar refractivity (Wildman–Crippen MR) is 83.0 cm³/mol. The van der Waals surface area contributed by atoms with Crippen molar-refractivity contribution >= 4 is 27.8 Å². The Bertz CT molecular complexity index is 775. The first-order chi connectivity index (χ1) is 10.1. The molecule has 0 spiro atoms. The zero-order chi connectivity index (χ0) is 14.8. The van der Waals surface area contributed by atoms with Gasteiger partial charge >= 0.3 is 0 Å². The van der Waals surface area contributed by atoms with Crippen molar-refractivity contribution in [3.8, 4) is 11.4 Å². The molecule has 7 heteroatoms. The van der Waals surface area contributed by atoms with Crippen LogP contribution in [0.1, 0.15) is 16.1 Å². The van der Waals surface area contributed by atoms with Gasteiger partial charge in [0.25, 0.3) is 5.91 Å². The molecule has 0 aliphatic heterocycles. The Hall–Kier alpha value is -2.41. The molecular weight excluding hydrogens is 334 g/mol. The number of hydrogen-bond donors (Lipinski definition) is 3. The van der Waals surface area contributed by atoms with Crippen LogP contribution in [0.5, 0.6) is 0 Å². The summed E-state index contributed by atoms with van der Waals surface area (Å²) in [5.41, 5.74) is 2.27. The normalized spacial score (nSPS) is 10.6. The van der Waals surface area contributed by atoms with E-state index in [0.717, 1.165) is 15.7 Å². The summed E-state index contributed by atoms with van der Waals surface area (Å²) >= 11 is 3.38. The second-order valence-corrected chi connectivity index (χ2v) is 5.40. The Balaban J connectivity index is 1.78. The summed E-state index contributed by atoms with van der Waals surface area (Å²) in [7, 11) is 0. The number of nitrogens with zero attached hydrogens (tertiary/aromatic N) is 2. The number of aryl methyl sites for hydroxylation is 1. The van der Waals surface area contributed by atoms with Gasteiger partial charge in [-0.2, -0.15) is 4.98 Å². The highest BCUT2D eigenvalue weighted by Gasteiger charge is 2.13. The fourth-order valence-electron chi connectivity index (χ4n) is 1.92. The molecule has 0 aliphatic rings. The second-order valence-electron chi connectivity index (χ2n) is 4.48. The molecule has 106 valence electrons. The Kier molecular flexibility index (Phi) is 3.57. The lowest BCUT2D eigenvalue weighted by Gasteiger charge is -1.99. The van der Waals surface area contributed by atoms with E-state index < -0.39 is 0 Å². The number of hydrogen-bond acceptors (Lipinski definition) is 3. The van der Waals surface area contributed by atoms with Gasteiger partial charge in [0.05, 0.1) is 5.56 Å². The van der Waals surface area contributed by atoms with E-state index in [1.54, 1.807) is 12.3 Å². The minimum atomic E-state index is -0.241. The molecule has 0 atom stereocenters. The zero-order valence-electron chi connectivity index (χ0n) is 11.1. The lowest BCUT2D eigenvalue weighted by Crippen LogP contribution is -2.13. The Labute approximate surface area is 129 Å². The van der Waals surface area contributed by atoms with Crippen LogP contribution >= 0.6 is 15.9 Å². The van der Waals surface area contributed by atoms with Gasteiger partial charge in [0.2, 0.25) is 5.95 Å². The lowest BCUT2D eigenvalue weighted by molar-refractivity contribution is 0.102. The van der Waals surface area contributed by atoms with E-state index in [-0.39, 0.29) is 11.9 Å². The van der Waals surface area contributed by atoms with Crippen LogP contribution in [0.3, 0.4) is 0 Å². The molecule has 0 aliphatic carbocycles. The number of benzene rings is 1. The molecule has 6 nitrogen and oxygen atoms in total. The number of carbonyl (C=O) groups is 1. The molecule has 0 unspecified atom stereocenters. The molecule has 2 heterocycles. The topological polar surface area (TPSA) is 86.5 Å². The highest BCUT2D eigenvalue weighted by Crippen LogP contribution is 2.19. The van der Waals surface area contributed by atoms with E-state index in [0.29, 0.717) is 11.4 Å². The number of aromatic amines is 2. The first-order valence-corrected chi connectivity index (χ1v) is 7.06. The van der Waals surface area contributed by atoms with Crippen LogP contribution < -0.4 is 5.32 Å². The molecule has 0 radical (unpaired) electrons. The van der Waals surface area contributed by atoms with E-state index in [9.17, 15) is 4.79 Å². The fourth-order valence-corrected chi connectivity index (χ4v) is 2.19. The van der Waals surface area contributed by atoms with Gasteiger partial charge < -0.3 is 4.98 Å². The van der Waals surface area contributed by atoms with Crippen molar-refractivity contribution in [2.45, 2.75) is 6.92 Å². The minimum Gasteiger partial charge on any atom is -0.365 e. The van der Waals surface area contributed by atoms with E-state index in [2.05, 4.69) is 41.4 Å². The average molecular weight is 346 g/mol. The third kappa shape index (κ3) is 2.87. The number of nitrogens with one attached hydrogen (secondary N) is 3. The molecule has 0 bridgehead atoms. The molecule has 0 fully saturated rings. The summed E-state index contributed by atoms with van der Waals surface area (Å²) < 4.78 is 0.988. The van der Waals surface area contributed by atoms with Gasteiger partial charge in [-0.25, -0.2) is 0 Å². The molecular formula is C14H12BrN5O. The maximum absolute atomic E-state index is 12.1. The minimum absolute atomic E-state index is 0.241. The maximum atomic E-state index is 12.1. The number of H-pyrrole nitrogens is 2. The van der Waals surface area contributed by atoms with Crippen molar-refractivity contribution in [3.63, 3.8) is 0 Å². The van der Waals surface area contributed by atoms with Crippen LogP contribution in [0, 0.1) is 6.92 Å². The highest BCUT2D eigenvalue weighted by molar-refractivity contribution is 9.10. The number of carbonyl (C=O) groups excluding carboxylic acids is 1. The van der Waals surface area contributed by atoms with Crippen LogP contribution in [0.15, 0.2) is 41.0 Å². The Morgan fingerprint density at radius 2 is 2.00 bits per heavy atom. The summed E-state index contributed by atoms with van der Waals surface area (Å²) in [6.07, 6.45) is 1.72. The van der Waals surface area contributed by atoms with Gasteiger partial charge in [-0.1, -0.05) is 28.1 Å². The number of anilines is 1. The van der Waals surface area contributed by atoms with E-state index in [1.165, 1.54) is 0 Å². The van der Waals surface area contributed by atoms with Crippen LogP contribution in [-0.2, 0) is 0 Å². The van der Waals surface area contributed by atoms with E-state index in [4.69, 9.17) is 0 Å². The van der Waals surface area contributed by atoms with E-state index in [1.807, 2.05) is 31.2 Å². The number of amides is 1. The quantitative estimate of drug-likeness (QED) is 0.681. The van der Waals surface area contributed by atoms with Gasteiger partial charge in [-0.05, 0) is 25.1 Å². The SMILES string of the molecule is Cc1[nH]ccc1C(=O)Nc1n[nH]c(-c2ccc(Br)cc2)n1. The standard InChI is InChI=1S/C14H12BrN5O/c1-8-11(6-7-16-8)13(21)18-14-17-12(19-20-14)9-2-4-10(15)5-3-9/h2-7,16H,1H3,(H2,17,18,19,20,21). The van der Waals surface area contributed by atoms with Gasteiger partial charge in [0.1, 0.15) is 0 Å². The molecule has 0 saturated heterocycles. The van der Waals surface area contributed by atoms with Crippen molar-refractivity contribution in [3.05, 3.63) is 52.3 Å². The first-order valence-electron chi connectivity index (χ1n) is 6.27. The molecule has 3 aromatic rings. The molecule has 2 aromatic heterocycles. The summed E-state index contributed by atoms with van der Waals surface area (Å²) in [5, 5.41) is 9.48. The summed E-state index contributed by atoms with van der Waals surface area (Å²) in [6, 6.07) is 9.37. The second kappa shape index (κ2) is 5.53. The zero-order valence-corrected chi connectivity index (χ0v) is 12.7. The van der Waals surface area contributed by atoms with Crippen molar-refractivity contribution in [2.75, 3.05) is 5.32 Å². The summed E-state index contributed by atoms with van der Waals surface area (Å²) in [4.78, 5) is 19.3. The Morgan fingerprint density at radius 3 is 2.67 bits per heavy atom. The average Bonchev–Trinajstić information content (AvgIpc) is 3.09. The van der Waals surface area contributed by atoms with Gasteiger partial charge in [0, 0.05) is 21.9 Å². The first kappa shape index (κ1) is 13.6. The number of halogens is 1. The molecule has 3 N–H and O–H groups in total. The van der Waals surface area contributed by atoms with Gasteiger partial charge in [0.15, 0.2) is 5.82 Å². The van der Waals surface area contributed by atoms with Crippen molar-refractivity contribution in [2.24, 2.45) is 0 Å². The molecule has 3 rings (SSSR count). The number of aromatic nitrogens is 4. The molecule has 21 heavy (non-hydrogen) atoms. The van der Waals surface area contributed by atoms with Crippen molar-refractivity contribution in [1.82, 2.24) is 20.2 Å². The Morgan fingerprint density at radius 1 is 1.24 bits per heavy atom. The van der Waals surface area contributed by atoms with Crippen molar-refractivity contribution in [1.29, 1.82) is 0 Å². The van der Waals surface area contributed by atoms with Crippen LogP contribution in [0.4, 0.5) is 5.95 Å². The van der Waals surface area contributed by atoms with Crippen LogP contribution in [0.25, 0.3) is 11.4 Å². The molecule has 0 saturated carbocycles. The van der Waals surface area contributed by atoms with Gasteiger partial charge in [-0.3, -0.25) is 15.2 Å². The lowest BCUT2D eigenvalue weighted by atomic mass is 10.2. The third-order valence-corrected chi connectivity index (χ3v) is 3.56. The van der Waals surface area contributed by atoms with Gasteiger partial charge in [-0.15, -0.1) is 5.10 Å². The van der Waals surface area contributed by atoms with Crippen LogP contribution in [-0.4, -0.2) is 26.1 Å². The summed E-state index contributed by atoms with van der Waals surface area (Å²) in [5.74, 6) is 0.609. The summed E-state index contributed by atoms with van der Waals surface area (Å²) in [6.45, 7) is 1.83. The van der Waals surface area contributed by atoms with Crippen LogP contribution in [0.2, 0.25) is 0 Å².